The highest BCUT2D eigenvalue weighted by atomic mass is 19.1. The minimum absolute atomic E-state index is 0.160. The van der Waals surface area contributed by atoms with Gasteiger partial charge in [-0.15, -0.1) is 0 Å². The molecule has 0 N–H and O–H groups in total. The van der Waals surface area contributed by atoms with Gasteiger partial charge in [0.2, 0.25) is 0 Å². The average molecular weight is 168 g/mol. The summed E-state index contributed by atoms with van der Waals surface area (Å²) in [5.74, 6) is 0.615. The van der Waals surface area contributed by atoms with Crippen molar-refractivity contribution in [1.29, 1.82) is 0 Å². The molecule has 66 valence electrons. The van der Waals surface area contributed by atoms with Gasteiger partial charge in [0.25, 0.3) is 0 Å². The molecule has 0 atom stereocenters. The predicted molar refractivity (Wildman–Crippen MR) is 47.1 cm³/mol. The Bertz CT molecular complexity index is 252. The maximum atomic E-state index is 13.0. The van der Waals surface area contributed by atoms with E-state index in [0.717, 1.165) is 17.7 Å². The van der Waals surface area contributed by atoms with Crippen LogP contribution in [-0.2, 0) is 6.42 Å². The molecule has 0 unspecified atom stereocenters. The van der Waals surface area contributed by atoms with E-state index in [4.69, 9.17) is 4.74 Å². The Morgan fingerprint density at radius 3 is 2.58 bits per heavy atom. The molecule has 2 heteroatoms. The second-order valence-electron chi connectivity index (χ2n) is 2.77. The molecule has 0 bridgehead atoms. The lowest BCUT2D eigenvalue weighted by Gasteiger charge is -2.07. The fraction of sp³-hybridized carbons (Fsp3) is 0.400. The molecule has 1 aromatic rings. The highest BCUT2D eigenvalue weighted by Crippen LogP contribution is 2.22. The third-order valence-electron chi connectivity index (χ3n) is 1.94. The Hall–Kier alpha value is -1.05. The summed E-state index contributed by atoms with van der Waals surface area (Å²) in [5.41, 5.74) is 1.55. The summed E-state index contributed by atoms with van der Waals surface area (Å²) >= 11 is 0. The molecule has 1 rings (SSSR count). The molecule has 0 heterocycles. The van der Waals surface area contributed by atoms with Crippen LogP contribution in [0.1, 0.15) is 18.1 Å². The first-order chi connectivity index (χ1) is 5.69. The van der Waals surface area contributed by atoms with Gasteiger partial charge in [0.1, 0.15) is 11.6 Å². The van der Waals surface area contributed by atoms with E-state index >= 15 is 0 Å². The summed E-state index contributed by atoms with van der Waals surface area (Å²) in [6.45, 7) is 3.71. The number of hydrogen-bond acceptors (Lipinski definition) is 1. The largest absolute Gasteiger partial charge is 0.496 e. The van der Waals surface area contributed by atoms with Gasteiger partial charge in [0.15, 0.2) is 0 Å². The molecule has 12 heavy (non-hydrogen) atoms. The molecule has 0 saturated heterocycles. The van der Waals surface area contributed by atoms with Gasteiger partial charge >= 0.3 is 0 Å². The summed E-state index contributed by atoms with van der Waals surface area (Å²) in [7, 11) is 1.60. The topological polar surface area (TPSA) is 9.23 Å². The zero-order chi connectivity index (χ0) is 9.14. The van der Waals surface area contributed by atoms with Crippen LogP contribution < -0.4 is 4.74 Å². The molecule has 1 nitrogen and oxygen atoms in total. The van der Waals surface area contributed by atoms with E-state index in [2.05, 4.69) is 0 Å². The van der Waals surface area contributed by atoms with E-state index < -0.39 is 0 Å². The van der Waals surface area contributed by atoms with Crippen molar-refractivity contribution in [1.82, 2.24) is 0 Å². The molecular formula is C10H13FO. The van der Waals surface area contributed by atoms with Gasteiger partial charge in [0.05, 0.1) is 7.11 Å². The van der Waals surface area contributed by atoms with Gasteiger partial charge < -0.3 is 4.74 Å². The Morgan fingerprint density at radius 1 is 1.42 bits per heavy atom. The SMILES string of the molecule is CCc1cc(F)c(C)cc1OC. The zero-order valence-electron chi connectivity index (χ0n) is 7.65. The first kappa shape index (κ1) is 9.04. The van der Waals surface area contributed by atoms with Gasteiger partial charge in [-0.1, -0.05) is 6.92 Å². The first-order valence-corrected chi connectivity index (χ1v) is 4.02. The predicted octanol–water partition coefficient (Wildman–Crippen LogP) is 2.71. The summed E-state index contributed by atoms with van der Waals surface area (Å²) in [6.07, 6.45) is 0.792. The third-order valence-corrected chi connectivity index (χ3v) is 1.94. The molecule has 0 aromatic heterocycles. The number of hydrogen-bond donors (Lipinski definition) is 0. The van der Waals surface area contributed by atoms with E-state index in [1.54, 1.807) is 20.1 Å². The third kappa shape index (κ3) is 1.58. The van der Waals surface area contributed by atoms with Crippen LogP contribution in [0.2, 0.25) is 0 Å². The molecule has 0 aliphatic heterocycles. The second kappa shape index (κ2) is 3.57. The normalized spacial score (nSPS) is 10.0. The van der Waals surface area contributed by atoms with Crippen molar-refractivity contribution in [3.63, 3.8) is 0 Å². The lowest BCUT2D eigenvalue weighted by atomic mass is 10.1. The maximum Gasteiger partial charge on any atom is 0.126 e. The molecule has 0 amide bonds. The van der Waals surface area contributed by atoms with Gasteiger partial charge in [-0.25, -0.2) is 4.39 Å². The quantitative estimate of drug-likeness (QED) is 0.659. The number of ether oxygens (including phenoxy) is 1. The summed E-state index contributed by atoms with van der Waals surface area (Å²) in [5, 5.41) is 0. The van der Waals surface area contributed by atoms with E-state index in [9.17, 15) is 4.39 Å². The van der Waals surface area contributed by atoms with Crippen LogP contribution in [0, 0.1) is 12.7 Å². The standard InChI is InChI=1S/C10H13FO/c1-4-8-6-9(11)7(2)5-10(8)12-3/h5-6H,4H2,1-3H3. The van der Waals surface area contributed by atoms with Crippen LogP contribution >= 0.6 is 0 Å². The fourth-order valence-electron chi connectivity index (χ4n) is 1.16. The number of aryl methyl sites for hydroxylation is 2. The molecule has 0 fully saturated rings. The zero-order valence-corrected chi connectivity index (χ0v) is 7.65. The van der Waals surface area contributed by atoms with Crippen LogP contribution in [0.25, 0.3) is 0 Å². The van der Waals surface area contributed by atoms with Crippen molar-refractivity contribution in [2.24, 2.45) is 0 Å². The van der Waals surface area contributed by atoms with Crippen LogP contribution in [0.4, 0.5) is 4.39 Å². The van der Waals surface area contributed by atoms with Crippen LogP contribution in [-0.4, -0.2) is 7.11 Å². The Morgan fingerprint density at radius 2 is 2.08 bits per heavy atom. The van der Waals surface area contributed by atoms with Crippen molar-refractivity contribution in [2.45, 2.75) is 20.3 Å². The minimum atomic E-state index is -0.160. The molecule has 1 aromatic carbocycles. The molecule has 0 aliphatic carbocycles. The number of methoxy groups -OCH3 is 1. The van der Waals surface area contributed by atoms with Crippen LogP contribution in [0.15, 0.2) is 12.1 Å². The van der Waals surface area contributed by atoms with Crippen molar-refractivity contribution in [3.05, 3.63) is 29.1 Å². The maximum absolute atomic E-state index is 13.0. The number of benzene rings is 1. The van der Waals surface area contributed by atoms with Crippen LogP contribution in [0.5, 0.6) is 5.75 Å². The molecule has 0 radical (unpaired) electrons. The summed E-state index contributed by atoms with van der Waals surface area (Å²) < 4.78 is 18.1. The number of halogens is 1. The van der Waals surface area contributed by atoms with E-state index in [1.807, 2.05) is 6.92 Å². The summed E-state index contributed by atoms with van der Waals surface area (Å²) in [4.78, 5) is 0. The van der Waals surface area contributed by atoms with Crippen LogP contribution in [0.3, 0.4) is 0 Å². The van der Waals surface area contributed by atoms with E-state index in [0.29, 0.717) is 5.56 Å². The van der Waals surface area contributed by atoms with Crippen molar-refractivity contribution >= 4 is 0 Å². The fourth-order valence-corrected chi connectivity index (χ4v) is 1.16. The van der Waals surface area contributed by atoms with Gasteiger partial charge in [-0.05, 0) is 36.6 Å². The van der Waals surface area contributed by atoms with Crippen molar-refractivity contribution in [2.75, 3.05) is 7.11 Å². The average Bonchev–Trinajstić information content (AvgIpc) is 2.09. The highest BCUT2D eigenvalue weighted by Gasteiger charge is 2.05. The minimum Gasteiger partial charge on any atom is -0.496 e. The molecule has 0 aliphatic rings. The van der Waals surface area contributed by atoms with E-state index in [1.165, 1.54) is 6.07 Å². The van der Waals surface area contributed by atoms with Crippen molar-refractivity contribution < 1.29 is 9.13 Å². The lowest BCUT2D eigenvalue weighted by Crippen LogP contribution is -1.93. The monoisotopic (exact) mass is 168 g/mol. The number of rotatable bonds is 2. The van der Waals surface area contributed by atoms with E-state index in [-0.39, 0.29) is 5.82 Å². The Balaban J connectivity index is 3.19. The van der Waals surface area contributed by atoms with Crippen molar-refractivity contribution in [3.8, 4) is 5.75 Å². The van der Waals surface area contributed by atoms with Gasteiger partial charge in [-0.2, -0.15) is 0 Å². The van der Waals surface area contributed by atoms with Gasteiger partial charge in [0, 0.05) is 0 Å². The second-order valence-corrected chi connectivity index (χ2v) is 2.77. The first-order valence-electron chi connectivity index (χ1n) is 4.02. The lowest BCUT2D eigenvalue weighted by molar-refractivity contribution is 0.408. The van der Waals surface area contributed by atoms with Gasteiger partial charge in [-0.3, -0.25) is 0 Å². The Kier molecular flexibility index (Phi) is 2.69. The molecule has 0 spiro atoms. The summed E-state index contributed by atoms with van der Waals surface area (Å²) in [6, 6.07) is 3.27. The smallest absolute Gasteiger partial charge is 0.126 e. The highest BCUT2D eigenvalue weighted by molar-refractivity contribution is 5.37. The molecule has 0 saturated carbocycles. The molecular weight excluding hydrogens is 155 g/mol. The Labute approximate surface area is 72.2 Å².